The van der Waals surface area contributed by atoms with E-state index in [1.54, 1.807) is 30.3 Å². The van der Waals surface area contributed by atoms with Crippen molar-refractivity contribution in [3.05, 3.63) is 72.5 Å². The number of aromatic nitrogens is 2. The van der Waals surface area contributed by atoms with Crippen molar-refractivity contribution >= 4 is 22.8 Å². The largest absolute Gasteiger partial charge is 0.486 e. The van der Waals surface area contributed by atoms with Crippen LogP contribution in [0.1, 0.15) is 0 Å². The van der Waals surface area contributed by atoms with Gasteiger partial charge in [0.05, 0.1) is 11.0 Å². The maximum atomic E-state index is 13.4. The van der Waals surface area contributed by atoms with Crippen LogP contribution in [-0.4, -0.2) is 35.3 Å². The van der Waals surface area contributed by atoms with Crippen molar-refractivity contribution in [1.29, 1.82) is 0 Å². The molecule has 2 amide bonds. The topological polar surface area (TPSA) is 77.4 Å². The highest BCUT2D eigenvalue weighted by Gasteiger charge is 2.14. The van der Waals surface area contributed by atoms with Crippen LogP contribution in [0.2, 0.25) is 0 Å². The summed E-state index contributed by atoms with van der Waals surface area (Å²) in [5.74, 6) is 1.71. The highest BCUT2D eigenvalue weighted by Crippen LogP contribution is 2.32. The number of rotatable bonds is 5. The second-order valence-corrected chi connectivity index (χ2v) is 7.32. The molecule has 1 aliphatic heterocycles. The van der Waals surface area contributed by atoms with Crippen LogP contribution in [0.4, 0.5) is 14.9 Å². The van der Waals surface area contributed by atoms with Crippen LogP contribution >= 0.6 is 0 Å². The zero-order valence-corrected chi connectivity index (χ0v) is 17.2. The number of urea groups is 1. The molecule has 0 bridgehead atoms. The molecule has 1 aromatic heterocycles. The van der Waals surface area contributed by atoms with E-state index in [4.69, 9.17) is 14.5 Å². The lowest BCUT2D eigenvalue weighted by molar-refractivity contribution is 0.171. The Morgan fingerprint density at radius 2 is 1.78 bits per heavy atom. The number of fused-ring (bicyclic) bond motifs is 2. The summed E-state index contributed by atoms with van der Waals surface area (Å²) < 4.78 is 26.4. The van der Waals surface area contributed by atoms with Crippen molar-refractivity contribution in [2.45, 2.75) is 6.54 Å². The molecule has 2 N–H and O–H groups in total. The van der Waals surface area contributed by atoms with Crippen molar-refractivity contribution in [2.24, 2.45) is 0 Å². The third kappa shape index (κ3) is 4.07. The molecule has 0 fully saturated rings. The van der Waals surface area contributed by atoms with E-state index in [0.717, 1.165) is 22.4 Å². The van der Waals surface area contributed by atoms with Gasteiger partial charge in [0.15, 0.2) is 11.5 Å². The van der Waals surface area contributed by atoms with Crippen LogP contribution < -0.4 is 20.1 Å². The van der Waals surface area contributed by atoms with Gasteiger partial charge in [-0.1, -0.05) is 12.1 Å². The van der Waals surface area contributed by atoms with Crippen molar-refractivity contribution < 1.29 is 18.7 Å². The third-order valence-corrected chi connectivity index (χ3v) is 5.18. The molecule has 5 rings (SSSR count). The van der Waals surface area contributed by atoms with Crippen LogP contribution in [-0.2, 0) is 6.54 Å². The Labute approximate surface area is 183 Å². The lowest BCUT2D eigenvalue weighted by Gasteiger charge is -2.19. The minimum Gasteiger partial charge on any atom is -0.486 e. The van der Waals surface area contributed by atoms with Crippen molar-refractivity contribution in [3.63, 3.8) is 0 Å². The lowest BCUT2D eigenvalue weighted by Crippen LogP contribution is -2.31. The molecule has 0 saturated carbocycles. The van der Waals surface area contributed by atoms with Gasteiger partial charge in [-0.25, -0.2) is 14.2 Å². The SMILES string of the molecule is O=C(NCCn1c(-c2ccc(F)cc2)nc2ccccc21)Nc1ccc2c(c1)OCCO2. The predicted octanol–water partition coefficient (Wildman–Crippen LogP) is 4.44. The van der Waals surface area contributed by atoms with E-state index < -0.39 is 0 Å². The number of carbonyl (C=O) groups is 1. The van der Waals surface area contributed by atoms with E-state index in [1.165, 1.54) is 12.1 Å². The van der Waals surface area contributed by atoms with Crippen molar-refractivity contribution in [2.75, 3.05) is 25.1 Å². The summed E-state index contributed by atoms with van der Waals surface area (Å²) in [5, 5.41) is 5.68. The minimum absolute atomic E-state index is 0.297. The van der Waals surface area contributed by atoms with E-state index in [9.17, 15) is 9.18 Å². The Hall–Kier alpha value is -4.07. The normalized spacial score (nSPS) is 12.5. The summed E-state index contributed by atoms with van der Waals surface area (Å²) in [5.41, 5.74) is 3.21. The second kappa shape index (κ2) is 8.58. The molecular weight excluding hydrogens is 411 g/mol. The smallest absolute Gasteiger partial charge is 0.319 e. The Kier molecular flexibility index (Phi) is 5.33. The molecule has 1 aliphatic rings. The fourth-order valence-electron chi connectivity index (χ4n) is 3.70. The van der Waals surface area contributed by atoms with Crippen molar-refractivity contribution in [3.8, 4) is 22.9 Å². The fourth-order valence-corrected chi connectivity index (χ4v) is 3.70. The number of anilines is 1. The van der Waals surface area contributed by atoms with E-state index >= 15 is 0 Å². The summed E-state index contributed by atoms with van der Waals surface area (Å²) >= 11 is 0. The van der Waals surface area contributed by atoms with Gasteiger partial charge in [-0.15, -0.1) is 0 Å². The first-order valence-electron chi connectivity index (χ1n) is 10.3. The standard InChI is InChI=1S/C24H21FN4O3/c25-17-7-5-16(6-8-17)23-28-19-3-1-2-4-20(19)29(23)12-11-26-24(30)27-18-9-10-21-22(15-18)32-14-13-31-21/h1-10,15H,11-14H2,(H2,26,27,30). The Morgan fingerprint density at radius 3 is 2.62 bits per heavy atom. The lowest BCUT2D eigenvalue weighted by atomic mass is 10.2. The number of hydrogen-bond acceptors (Lipinski definition) is 4. The van der Waals surface area contributed by atoms with Crippen LogP contribution in [0.25, 0.3) is 22.4 Å². The molecule has 2 heterocycles. The average Bonchev–Trinajstić information content (AvgIpc) is 3.18. The zero-order chi connectivity index (χ0) is 21.9. The number of benzene rings is 3. The second-order valence-electron chi connectivity index (χ2n) is 7.32. The molecule has 8 heteroatoms. The summed E-state index contributed by atoms with van der Waals surface area (Å²) in [6.45, 7) is 1.88. The zero-order valence-electron chi connectivity index (χ0n) is 17.2. The maximum absolute atomic E-state index is 13.4. The first-order valence-corrected chi connectivity index (χ1v) is 10.3. The molecular formula is C24H21FN4O3. The first kappa shape index (κ1) is 19.9. The third-order valence-electron chi connectivity index (χ3n) is 5.18. The number of carbonyl (C=O) groups excluding carboxylic acids is 1. The predicted molar refractivity (Wildman–Crippen MR) is 120 cm³/mol. The number of halogens is 1. The number of hydrogen-bond donors (Lipinski definition) is 2. The number of imidazole rings is 1. The first-order chi connectivity index (χ1) is 15.7. The minimum atomic E-state index is -0.325. The van der Waals surface area contributed by atoms with Gasteiger partial charge in [0.2, 0.25) is 0 Å². The fraction of sp³-hybridized carbons (Fsp3) is 0.167. The summed E-state index contributed by atoms with van der Waals surface area (Å²) in [7, 11) is 0. The molecule has 0 aliphatic carbocycles. The van der Waals surface area contributed by atoms with Gasteiger partial charge in [-0.05, 0) is 48.5 Å². The van der Waals surface area contributed by atoms with E-state index in [0.29, 0.717) is 43.5 Å². The monoisotopic (exact) mass is 432 g/mol. The van der Waals surface area contributed by atoms with Crippen molar-refractivity contribution in [1.82, 2.24) is 14.9 Å². The number of ether oxygens (including phenoxy) is 2. The summed E-state index contributed by atoms with van der Waals surface area (Å²) in [6, 6.07) is 19.0. The molecule has 0 spiro atoms. The molecule has 0 atom stereocenters. The van der Waals surface area contributed by atoms with Gasteiger partial charge in [0.25, 0.3) is 0 Å². The number of para-hydroxylation sites is 2. The molecule has 4 aromatic rings. The van der Waals surface area contributed by atoms with Crippen LogP contribution in [0.15, 0.2) is 66.7 Å². The summed E-state index contributed by atoms with van der Waals surface area (Å²) in [6.07, 6.45) is 0. The molecule has 0 saturated heterocycles. The highest BCUT2D eigenvalue weighted by atomic mass is 19.1. The van der Waals surface area contributed by atoms with Gasteiger partial charge in [-0.3, -0.25) is 0 Å². The van der Waals surface area contributed by atoms with Crippen LogP contribution in [0.5, 0.6) is 11.5 Å². The summed E-state index contributed by atoms with van der Waals surface area (Å²) in [4.78, 5) is 17.1. The Balaban J connectivity index is 1.28. The number of amides is 2. The van der Waals surface area contributed by atoms with Gasteiger partial charge < -0.3 is 24.7 Å². The number of nitrogens with one attached hydrogen (secondary N) is 2. The molecule has 32 heavy (non-hydrogen) atoms. The quantitative estimate of drug-likeness (QED) is 0.489. The molecule has 7 nitrogen and oxygen atoms in total. The van der Waals surface area contributed by atoms with Gasteiger partial charge in [-0.2, -0.15) is 0 Å². The van der Waals surface area contributed by atoms with Crippen LogP contribution in [0, 0.1) is 5.82 Å². The Morgan fingerprint density at radius 1 is 1.00 bits per heavy atom. The van der Waals surface area contributed by atoms with Crippen LogP contribution in [0.3, 0.4) is 0 Å². The average molecular weight is 432 g/mol. The van der Waals surface area contributed by atoms with E-state index in [1.807, 2.05) is 28.8 Å². The maximum Gasteiger partial charge on any atom is 0.319 e. The van der Waals surface area contributed by atoms with Gasteiger partial charge >= 0.3 is 6.03 Å². The Bertz CT molecular complexity index is 1270. The van der Waals surface area contributed by atoms with Gasteiger partial charge in [0.1, 0.15) is 24.9 Å². The van der Waals surface area contributed by atoms with E-state index in [2.05, 4.69) is 10.6 Å². The van der Waals surface area contributed by atoms with Gasteiger partial charge in [0, 0.05) is 30.4 Å². The number of nitrogens with zero attached hydrogens (tertiary/aromatic N) is 2. The molecule has 162 valence electrons. The molecule has 3 aromatic carbocycles. The molecule has 0 radical (unpaired) electrons. The highest BCUT2D eigenvalue weighted by molar-refractivity contribution is 5.89. The van der Waals surface area contributed by atoms with E-state index in [-0.39, 0.29) is 11.8 Å². The molecule has 0 unspecified atom stereocenters.